The molecule has 122 valence electrons. The van der Waals surface area contributed by atoms with Crippen molar-refractivity contribution in [1.82, 2.24) is 14.8 Å². The van der Waals surface area contributed by atoms with Crippen LogP contribution in [0, 0.1) is 20.8 Å². The molecule has 2 aromatic rings. The minimum Gasteiger partial charge on any atom is -0.325 e. The molecule has 0 radical (unpaired) electrons. The first kappa shape index (κ1) is 17.3. The second kappa shape index (κ2) is 7.46. The Balaban J connectivity index is 2.07. The number of aromatic nitrogens is 3. The molecule has 0 unspecified atom stereocenters. The number of hydrogen-bond donors (Lipinski definition) is 1. The fraction of sp³-hybridized carbons (Fsp3) is 0.353. The van der Waals surface area contributed by atoms with E-state index in [0.717, 1.165) is 22.2 Å². The van der Waals surface area contributed by atoms with Crippen LogP contribution in [-0.4, -0.2) is 25.9 Å². The number of nitrogens with zero attached hydrogens (tertiary/aromatic N) is 3. The summed E-state index contributed by atoms with van der Waals surface area (Å²) in [6.45, 7) is 12.2. The molecule has 1 heterocycles. The summed E-state index contributed by atoms with van der Waals surface area (Å²) in [7, 11) is 0. The highest BCUT2D eigenvalue weighted by Crippen LogP contribution is 2.24. The lowest BCUT2D eigenvalue weighted by atomic mass is 10.1. The average Bonchev–Trinajstić information content (AvgIpc) is 2.83. The van der Waals surface area contributed by atoms with E-state index in [-0.39, 0.29) is 11.2 Å². The normalized spacial score (nSPS) is 12.0. The van der Waals surface area contributed by atoms with Gasteiger partial charge in [-0.3, -0.25) is 4.79 Å². The molecular formula is C17H22N4OS. The highest BCUT2D eigenvalue weighted by atomic mass is 32.2. The van der Waals surface area contributed by atoms with Crippen LogP contribution in [-0.2, 0) is 11.3 Å². The number of allylic oxidation sites excluding steroid dienone is 1. The third-order valence-electron chi connectivity index (χ3n) is 3.50. The molecule has 5 nitrogen and oxygen atoms in total. The van der Waals surface area contributed by atoms with Crippen LogP contribution in [0.15, 0.2) is 36.0 Å². The van der Waals surface area contributed by atoms with Crippen LogP contribution in [0.25, 0.3) is 0 Å². The zero-order valence-corrected chi connectivity index (χ0v) is 14.8. The summed E-state index contributed by atoms with van der Waals surface area (Å²) >= 11 is 1.40. The summed E-state index contributed by atoms with van der Waals surface area (Å²) in [5, 5.41) is 11.6. The van der Waals surface area contributed by atoms with E-state index in [1.807, 2.05) is 44.4 Å². The Labute approximate surface area is 141 Å². The summed E-state index contributed by atoms with van der Waals surface area (Å²) in [6, 6.07) is 5.98. The predicted octanol–water partition coefficient (Wildman–Crippen LogP) is 3.51. The number of rotatable bonds is 6. The molecule has 1 atom stereocenters. The molecule has 1 aromatic heterocycles. The van der Waals surface area contributed by atoms with Gasteiger partial charge in [-0.15, -0.1) is 16.8 Å². The Kier molecular flexibility index (Phi) is 5.60. The number of aryl methyl sites for hydroxylation is 3. The van der Waals surface area contributed by atoms with Gasteiger partial charge in [-0.2, -0.15) is 0 Å². The Bertz CT molecular complexity index is 723. The largest absolute Gasteiger partial charge is 0.325 e. The van der Waals surface area contributed by atoms with E-state index < -0.39 is 0 Å². The summed E-state index contributed by atoms with van der Waals surface area (Å²) in [4.78, 5) is 12.4. The second-order valence-corrected chi connectivity index (χ2v) is 6.80. The highest BCUT2D eigenvalue weighted by molar-refractivity contribution is 8.00. The zero-order valence-electron chi connectivity index (χ0n) is 14.0. The van der Waals surface area contributed by atoms with Gasteiger partial charge in [0.1, 0.15) is 5.82 Å². The zero-order chi connectivity index (χ0) is 17.0. The third-order valence-corrected chi connectivity index (χ3v) is 4.59. The van der Waals surface area contributed by atoms with E-state index in [0.29, 0.717) is 6.54 Å². The SMILES string of the molecule is C=CCn1c(C)nnc1S[C@H](C)C(=O)Nc1ccc(C)cc1C. The van der Waals surface area contributed by atoms with Crippen LogP contribution < -0.4 is 5.32 Å². The van der Waals surface area contributed by atoms with Gasteiger partial charge >= 0.3 is 0 Å². The molecule has 2 rings (SSSR count). The van der Waals surface area contributed by atoms with Crippen LogP contribution >= 0.6 is 11.8 Å². The van der Waals surface area contributed by atoms with Crippen LogP contribution in [0.4, 0.5) is 5.69 Å². The van der Waals surface area contributed by atoms with Crippen molar-refractivity contribution in [2.75, 3.05) is 5.32 Å². The molecular weight excluding hydrogens is 308 g/mol. The van der Waals surface area contributed by atoms with E-state index in [2.05, 4.69) is 28.2 Å². The van der Waals surface area contributed by atoms with Crippen LogP contribution in [0.1, 0.15) is 23.9 Å². The quantitative estimate of drug-likeness (QED) is 0.650. The predicted molar refractivity (Wildman–Crippen MR) is 94.8 cm³/mol. The Morgan fingerprint density at radius 1 is 1.39 bits per heavy atom. The lowest BCUT2D eigenvalue weighted by molar-refractivity contribution is -0.115. The van der Waals surface area contributed by atoms with Crippen molar-refractivity contribution in [2.24, 2.45) is 0 Å². The summed E-state index contributed by atoms with van der Waals surface area (Å²) in [5.74, 6) is 0.766. The Hall–Kier alpha value is -2.08. The lowest BCUT2D eigenvalue weighted by Gasteiger charge is -2.14. The van der Waals surface area contributed by atoms with Gasteiger partial charge in [0.25, 0.3) is 0 Å². The first-order valence-electron chi connectivity index (χ1n) is 7.48. The average molecular weight is 330 g/mol. The number of anilines is 1. The maximum absolute atomic E-state index is 12.4. The molecule has 1 N–H and O–H groups in total. The smallest absolute Gasteiger partial charge is 0.237 e. The van der Waals surface area contributed by atoms with Crippen molar-refractivity contribution in [1.29, 1.82) is 0 Å². The number of hydrogen-bond acceptors (Lipinski definition) is 4. The Morgan fingerprint density at radius 3 is 2.78 bits per heavy atom. The van der Waals surface area contributed by atoms with Gasteiger partial charge in [-0.25, -0.2) is 0 Å². The van der Waals surface area contributed by atoms with Gasteiger partial charge in [-0.1, -0.05) is 35.5 Å². The summed E-state index contributed by atoms with van der Waals surface area (Å²) in [5.41, 5.74) is 3.08. The highest BCUT2D eigenvalue weighted by Gasteiger charge is 2.19. The lowest BCUT2D eigenvalue weighted by Crippen LogP contribution is -2.23. The van der Waals surface area contributed by atoms with E-state index in [1.54, 1.807) is 6.08 Å². The summed E-state index contributed by atoms with van der Waals surface area (Å²) < 4.78 is 1.94. The number of carbonyl (C=O) groups excluding carboxylic acids is 1. The summed E-state index contributed by atoms with van der Waals surface area (Å²) in [6.07, 6.45) is 1.79. The molecule has 0 bridgehead atoms. The van der Waals surface area contributed by atoms with Crippen LogP contribution in [0.3, 0.4) is 0 Å². The van der Waals surface area contributed by atoms with Crippen molar-refractivity contribution < 1.29 is 4.79 Å². The van der Waals surface area contributed by atoms with Gasteiger partial charge < -0.3 is 9.88 Å². The van der Waals surface area contributed by atoms with Gasteiger partial charge in [0.2, 0.25) is 5.91 Å². The fourth-order valence-electron chi connectivity index (χ4n) is 2.19. The second-order valence-electron chi connectivity index (χ2n) is 5.50. The number of benzene rings is 1. The number of thioether (sulfide) groups is 1. The van der Waals surface area contributed by atoms with E-state index in [1.165, 1.54) is 17.3 Å². The molecule has 0 saturated heterocycles. The van der Waals surface area contributed by atoms with Crippen LogP contribution in [0.5, 0.6) is 0 Å². The standard InChI is InChI=1S/C17H22N4OS/c1-6-9-21-14(5)19-20-17(21)23-13(4)16(22)18-15-8-7-11(2)10-12(15)3/h6-8,10,13H,1,9H2,2-5H3,(H,18,22)/t13-/m1/s1. The first-order chi connectivity index (χ1) is 10.9. The number of amides is 1. The minimum atomic E-state index is -0.275. The number of carbonyl (C=O) groups is 1. The van der Waals surface area contributed by atoms with Crippen molar-refractivity contribution in [3.05, 3.63) is 47.8 Å². The van der Waals surface area contributed by atoms with Crippen LogP contribution in [0.2, 0.25) is 0 Å². The molecule has 0 saturated carbocycles. The minimum absolute atomic E-state index is 0.0484. The fourth-order valence-corrected chi connectivity index (χ4v) is 3.09. The van der Waals surface area contributed by atoms with E-state index >= 15 is 0 Å². The monoisotopic (exact) mass is 330 g/mol. The van der Waals surface area contributed by atoms with Gasteiger partial charge in [0.15, 0.2) is 5.16 Å². The molecule has 0 fully saturated rings. The molecule has 1 aromatic carbocycles. The molecule has 23 heavy (non-hydrogen) atoms. The van der Waals surface area contributed by atoms with Crippen molar-refractivity contribution in [3.63, 3.8) is 0 Å². The molecule has 0 aliphatic rings. The molecule has 0 aliphatic carbocycles. The molecule has 0 aliphatic heterocycles. The first-order valence-corrected chi connectivity index (χ1v) is 8.35. The van der Waals surface area contributed by atoms with Crippen molar-refractivity contribution in [3.8, 4) is 0 Å². The van der Waals surface area contributed by atoms with Crippen molar-refractivity contribution in [2.45, 2.75) is 44.6 Å². The van der Waals surface area contributed by atoms with Crippen molar-refractivity contribution >= 4 is 23.4 Å². The maximum Gasteiger partial charge on any atom is 0.237 e. The van der Waals surface area contributed by atoms with E-state index in [4.69, 9.17) is 0 Å². The van der Waals surface area contributed by atoms with Gasteiger partial charge in [-0.05, 0) is 39.3 Å². The topological polar surface area (TPSA) is 59.8 Å². The molecule has 1 amide bonds. The molecule has 6 heteroatoms. The molecule has 0 spiro atoms. The number of nitrogens with one attached hydrogen (secondary N) is 1. The van der Waals surface area contributed by atoms with Gasteiger partial charge in [0, 0.05) is 12.2 Å². The van der Waals surface area contributed by atoms with Gasteiger partial charge in [0.05, 0.1) is 5.25 Å². The van der Waals surface area contributed by atoms with E-state index in [9.17, 15) is 4.79 Å². The third kappa shape index (κ3) is 4.22. The Morgan fingerprint density at radius 2 is 2.13 bits per heavy atom. The maximum atomic E-state index is 12.4.